The molecule has 16 heavy (non-hydrogen) atoms. The topological polar surface area (TPSA) is 74.0 Å². The van der Waals surface area contributed by atoms with Crippen LogP contribution in [0, 0.1) is 5.41 Å². The van der Waals surface area contributed by atoms with Gasteiger partial charge in [-0.2, -0.15) is 0 Å². The number of nitrogens with one attached hydrogen (secondary N) is 1. The predicted molar refractivity (Wildman–Crippen MR) is 61.2 cm³/mol. The Balaban J connectivity index is 2.73. The van der Waals surface area contributed by atoms with Gasteiger partial charge in [0.25, 0.3) is 0 Å². The van der Waals surface area contributed by atoms with E-state index in [1.165, 1.54) is 6.07 Å². The summed E-state index contributed by atoms with van der Waals surface area (Å²) in [6.07, 6.45) is 0. The average molecular weight is 214 g/mol. The third kappa shape index (κ3) is 1.65. The second-order valence-electron chi connectivity index (χ2n) is 3.50. The largest absolute Gasteiger partial charge is 0.477 e. The number of fused-ring (bicyclic) bond motifs is 1. The molecule has 0 amide bonds. The zero-order valence-electron chi connectivity index (χ0n) is 8.69. The fourth-order valence-electron chi connectivity index (χ4n) is 1.60. The van der Waals surface area contributed by atoms with Crippen LogP contribution in [-0.4, -0.2) is 21.8 Å². The molecule has 0 bridgehead atoms. The Morgan fingerprint density at radius 2 is 2.06 bits per heavy atom. The predicted octanol–water partition coefficient (Wildman–Crippen LogP) is 2.32. The van der Waals surface area contributed by atoms with Crippen molar-refractivity contribution in [3.05, 3.63) is 41.6 Å². The number of aromatic carboxylic acids is 1. The van der Waals surface area contributed by atoms with E-state index in [1.807, 2.05) is 6.07 Å². The van der Waals surface area contributed by atoms with Crippen LogP contribution in [0.25, 0.3) is 10.9 Å². The van der Waals surface area contributed by atoms with Crippen LogP contribution in [0.15, 0.2) is 30.3 Å². The maximum Gasteiger partial charge on any atom is 0.354 e. The quantitative estimate of drug-likeness (QED) is 0.753. The summed E-state index contributed by atoms with van der Waals surface area (Å²) < 4.78 is 0. The van der Waals surface area contributed by atoms with Gasteiger partial charge in [-0.05, 0) is 25.1 Å². The van der Waals surface area contributed by atoms with Crippen LogP contribution < -0.4 is 0 Å². The molecule has 2 rings (SSSR count). The van der Waals surface area contributed by atoms with Crippen molar-refractivity contribution in [2.45, 2.75) is 6.92 Å². The number of carbonyl (C=O) groups is 1. The van der Waals surface area contributed by atoms with Gasteiger partial charge in [-0.3, -0.25) is 0 Å². The standard InChI is InChI=1S/C12H10N2O2/c1-7(13)8-3-2-4-10-9(8)5-6-11(14-10)12(15)16/h2-6,13H,1H3,(H,15,16). The lowest BCUT2D eigenvalue weighted by molar-refractivity contribution is 0.0691. The molecule has 1 aromatic carbocycles. The zero-order valence-corrected chi connectivity index (χ0v) is 8.69. The van der Waals surface area contributed by atoms with Crippen LogP contribution in [0.1, 0.15) is 23.0 Å². The lowest BCUT2D eigenvalue weighted by atomic mass is 10.0. The van der Waals surface area contributed by atoms with Gasteiger partial charge in [-0.1, -0.05) is 12.1 Å². The maximum absolute atomic E-state index is 10.8. The Morgan fingerprint density at radius 3 is 2.69 bits per heavy atom. The summed E-state index contributed by atoms with van der Waals surface area (Å²) in [7, 11) is 0. The van der Waals surface area contributed by atoms with Gasteiger partial charge < -0.3 is 10.5 Å². The smallest absolute Gasteiger partial charge is 0.354 e. The molecule has 0 atom stereocenters. The van der Waals surface area contributed by atoms with Gasteiger partial charge in [-0.15, -0.1) is 0 Å². The molecule has 1 heterocycles. The SMILES string of the molecule is CC(=N)c1cccc2nc(C(=O)O)ccc12. The second-order valence-corrected chi connectivity index (χ2v) is 3.50. The summed E-state index contributed by atoms with van der Waals surface area (Å²) in [6, 6.07) is 8.49. The summed E-state index contributed by atoms with van der Waals surface area (Å²) in [5.41, 5.74) is 1.84. The van der Waals surface area contributed by atoms with Crippen molar-refractivity contribution in [1.82, 2.24) is 4.98 Å². The molecule has 0 spiro atoms. The average Bonchev–Trinajstić information content (AvgIpc) is 2.27. The summed E-state index contributed by atoms with van der Waals surface area (Å²) in [4.78, 5) is 14.8. The first-order valence-corrected chi connectivity index (χ1v) is 4.78. The van der Waals surface area contributed by atoms with Crippen LogP contribution in [-0.2, 0) is 0 Å². The van der Waals surface area contributed by atoms with Gasteiger partial charge >= 0.3 is 5.97 Å². The van der Waals surface area contributed by atoms with Gasteiger partial charge in [0.2, 0.25) is 0 Å². The highest BCUT2D eigenvalue weighted by Crippen LogP contribution is 2.18. The number of nitrogens with zero attached hydrogens (tertiary/aromatic N) is 1. The monoisotopic (exact) mass is 214 g/mol. The number of pyridine rings is 1. The number of hydrogen-bond acceptors (Lipinski definition) is 3. The van der Waals surface area contributed by atoms with Crippen LogP contribution in [0.2, 0.25) is 0 Å². The lowest BCUT2D eigenvalue weighted by Gasteiger charge is -2.04. The van der Waals surface area contributed by atoms with E-state index >= 15 is 0 Å². The molecule has 0 saturated heterocycles. The van der Waals surface area contributed by atoms with Crippen LogP contribution in [0.5, 0.6) is 0 Å². The molecule has 2 aromatic rings. The van der Waals surface area contributed by atoms with Crippen LogP contribution in [0.3, 0.4) is 0 Å². The minimum absolute atomic E-state index is 0.0206. The Kier molecular flexibility index (Phi) is 2.40. The first kappa shape index (κ1) is 10.3. The molecule has 0 aliphatic heterocycles. The highest BCUT2D eigenvalue weighted by atomic mass is 16.4. The molecule has 1 aromatic heterocycles. The van der Waals surface area contributed by atoms with Gasteiger partial charge in [-0.25, -0.2) is 9.78 Å². The fourth-order valence-corrected chi connectivity index (χ4v) is 1.60. The van der Waals surface area contributed by atoms with Crippen molar-refractivity contribution < 1.29 is 9.90 Å². The minimum Gasteiger partial charge on any atom is -0.477 e. The molecule has 4 nitrogen and oxygen atoms in total. The molecule has 0 aliphatic rings. The lowest BCUT2D eigenvalue weighted by Crippen LogP contribution is -2.01. The normalized spacial score (nSPS) is 10.3. The summed E-state index contributed by atoms with van der Waals surface area (Å²) >= 11 is 0. The van der Waals surface area contributed by atoms with E-state index in [4.69, 9.17) is 10.5 Å². The summed E-state index contributed by atoms with van der Waals surface area (Å²) in [6.45, 7) is 1.69. The molecule has 0 aliphatic carbocycles. The van der Waals surface area contributed by atoms with E-state index in [9.17, 15) is 4.79 Å². The van der Waals surface area contributed by atoms with Crippen molar-refractivity contribution in [2.75, 3.05) is 0 Å². The van der Waals surface area contributed by atoms with E-state index < -0.39 is 5.97 Å². The number of carboxylic acids is 1. The second kappa shape index (κ2) is 3.73. The first-order valence-electron chi connectivity index (χ1n) is 4.78. The maximum atomic E-state index is 10.8. The molecular formula is C12H10N2O2. The molecule has 0 unspecified atom stereocenters. The van der Waals surface area contributed by atoms with Gasteiger partial charge in [0.15, 0.2) is 0 Å². The molecule has 0 saturated carbocycles. The van der Waals surface area contributed by atoms with Crippen molar-refractivity contribution in [1.29, 1.82) is 5.41 Å². The van der Waals surface area contributed by atoms with Crippen molar-refractivity contribution in [2.24, 2.45) is 0 Å². The summed E-state index contributed by atoms with van der Waals surface area (Å²) in [5.74, 6) is -1.04. The Labute approximate surface area is 92.1 Å². The number of rotatable bonds is 2. The molecular weight excluding hydrogens is 204 g/mol. The first-order chi connectivity index (χ1) is 7.59. The molecule has 2 N–H and O–H groups in total. The Hall–Kier alpha value is -2.23. The van der Waals surface area contributed by atoms with Crippen LogP contribution in [0.4, 0.5) is 0 Å². The Bertz CT molecular complexity index is 591. The minimum atomic E-state index is -1.04. The molecule has 0 fully saturated rings. The van der Waals surface area contributed by atoms with Gasteiger partial charge in [0, 0.05) is 16.7 Å². The van der Waals surface area contributed by atoms with E-state index in [1.54, 1.807) is 25.1 Å². The molecule has 0 radical (unpaired) electrons. The fraction of sp³-hybridized carbons (Fsp3) is 0.0833. The number of hydrogen-bond donors (Lipinski definition) is 2. The van der Waals surface area contributed by atoms with Crippen molar-refractivity contribution >= 4 is 22.6 Å². The highest BCUT2D eigenvalue weighted by molar-refractivity contribution is 6.07. The van der Waals surface area contributed by atoms with E-state index in [0.29, 0.717) is 11.2 Å². The van der Waals surface area contributed by atoms with Crippen LogP contribution >= 0.6 is 0 Å². The number of aromatic nitrogens is 1. The number of benzene rings is 1. The van der Waals surface area contributed by atoms with E-state index in [-0.39, 0.29) is 5.69 Å². The van der Waals surface area contributed by atoms with E-state index in [0.717, 1.165) is 10.9 Å². The van der Waals surface area contributed by atoms with Crippen molar-refractivity contribution in [3.8, 4) is 0 Å². The number of carboxylic acid groups (broad SMARTS) is 1. The molecule has 4 heteroatoms. The van der Waals surface area contributed by atoms with Gasteiger partial charge in [0.05, 0.1) is 5.52 Å². The highest BCUT2D eigenvalue weighted by Gasteiger charge is 2.08. The third-order valence-corrected chi connectivity index (χ3v) is 2.36. The van der Waals surface area contributed by atoms with Crippen molar-refractivity contribution in [3.63, 3.8) is 0 Å². The zero-order chi connectivity index (χ0) is 11.7. The van der Waals surface area contributed by atoms with E-state index in [2.05, 4.69) is 4.98 Å². The third-order valence-electron chi connectivity index (χ3n) is 2.36. The Morgan fingerprint density at radius 1 is 1.31 bits per heavy atom. The van der Waals surface area contributed by atoms with Gasteiger partial charge in [0.1, 0.15) is 5.69 Å². The summed E-state index contributed by atoms with van der Waals surface area (Å²) in [5, 5.41) is 17.2. The molecule has 80 valence electrons.